The van der Waals surface area contributed by atoms with Gasteiger partial charge < -0.3 is 0 Å². The first kappa shape index (κ1) is 35.6. The third-order valence-corrected chi connectivity index (χ3v) is 9.71. The van der Waals surface area contributed by atoms with Gasteiger partial charge in [-0.2, -0.15) is 0 Å². The fourth-order valence-electron chi connectivity index (χ4n) is 6.73. The van der Waals surface area contributed by atoms with Gasteiger partial charge in [-0.25, -0.2) is 0 Å². The Balaban J connectivity index is 0.984. The quantitative estimate of drug-likeness (QED) is 0.125. The van der Waals surface area contributed by atoms with Gasteiger partial charge in [-0.15, -0.1) is 0 Å². The maximum Gasteiger partial charge on any atom is 0.0708 e. The van der Waals surface area contributed by atoms with Gasteiger partial charge in [0.1, 0.15) is 0 Å². The molecular formula is C54H40N2. The normalized spacial score (nSPS) is 12.0. The van der Waals surface area contributed by atoms with Crippen molar-refractivity contribution in [2.75, 3.05) is 0 Å². The van der Waals surface area contributed by atoms with Crippen molar-refractivity contribution in [3.63, 3.8) is 0 Å². The summed E-state index contributed by atoms with van der Waals surface area (Å²) in [4.78, 5) is 9.34. The lowest BCUT2D eigenvalue weighted by atomic mass is 9.96. The molecule has 0 spiro atoms. The van der Waals surface area contributed by atoms with Crippen molar-refractivity contribution in [3.05, 3.63) is 262 Å². The molecule has 266 valence electrons. The zero-order valence-corrected chi connectivity index (χ0v) is 31.0. The summed E-state index contributed by atoms with van der Waals surface area (Å²) >= 11 is 0. The molecule has 56 heavy (non-hydrogen) atoms. The Morgan fingerprint density at radius 2 is 0.661 bits per heavy atom. The Bertz CT molecular complexity index is 2350. The highest BCUT2D eigenvalue weighted by Crippen LogP contribution is 2.29. The Hall–Kier alpha value is -7.42. The van der Waals surface area contributed by atoms with E-state index in [1.165, 1.54) is 11.1 Å². The molecule has 8 rings (SSSR count). The molecule has 0 unspecified atom stereocenters. The molecule has 0 N–H and O–H groups in total. The summed E-state index contributed by atoms with van der Waals surface area (Å²) in [5.74, 6) is 0. The highest BCUT2D eigenvalue weighted by molar-refractivity contribution is 5.93. The van der Waals surface area contributed by atoms with E-state index in [4.69, 9.17) is 0 Å². The van der Waals surface area contributed by atoms with Crippen LogP contribution >= 0.6 is 0 Å². The first-order chi connectivity index (χ1) is 27.8. The number of nitrogens with zero attached hydrogens (tertiary/aromatic N) is 2. The maximum atomic E-state index is 4.67. The molecule has 0 radical (unpaired) electrons. The average Bonchev–Trinajstić information content (AvgIpc) is 3.28. The van der Waals surface area contributed by atoms with Gasteiger partial charge in [-0.1, -0.05) is 194 Å². The second-order valence-electron chi connectivity index (χ2n) is 13.4. The monoisotopic (exact) mass is 716 g/mol. The molecule has 2 aromatic heterocycles. The van der Waals surface area contributed by atoms with E-state index in [1.807, 2.05) is 48.8 Å². The second-order valence-corrected chi connectivity index (χ2v) is 13.4. The Morgan fingerprint density at radius 1 is 0.304 bits per heavy atom. The van der Waals surface area contributed by atoms with Crippen molar-refractivity contribution < 1.29 is 0 Å². The van der Waals surface area contributed by atoms with Crippen molar-refractivity contribution >= 4 is 47.6 Å². The molecule has 2 nitrogen and oxygen atoms in total. The number of benzene rings is 6. The molecule has 0 aliphatic carbocycles. The molecule has 0 saturated heterocycles. The zero-order valence-electron chi connectivity index (χ0n) is 31.0. The standard InChI is InChI=1S/C54H40N2/c1-3-17-47(18-4-1)51(53-23-11-13-37-55-53)39-49-21-9-7-15-43(49)31-25-41-27-33-45(34-28-41)46-35-29-42(30-36-46)26-32-44-16-8-10-22-50(44)40-52(48-19-5-2-6-20-48)54-24-12-14-38-56-54/h1-40H. The van der Waals surface area contributed by atoms with E-state index in [0.29, 0.717) is 0 Å². The van der Waals surface area contributed by atoms with E-state index in [2.05, 4.69) is 204 Å². The van der Waals surface area contributed by atoms with E-state index in [9.17, 15) is 0 Å². The smallest absolute Gasteiger partial charge is 0.0708 e. The molecule has 0 amide bonds. The summed E-state index contributed by atoms with van der Waals surface area (Å²) in [5, 5.41) is 0. The Kier molecular flexibility index (Phi) is 11.2. The molecule has 0 atom stereocenters. The van der Waals surface area contributed by atoms with Crippen molar-refractivity contribution in [1.29, 1.82) is 0 Å². The molecule has 8 aromatic rings. The summed E-state index contributed by atoms with van der Waals surface area (Å²) in [5.41, 5.74) is 15.6. The highest BCUT2D eigenvalue weighted by atomic mass is 14.7. The molecule has 0 bridgehead atoms. The molecule has 6 aromatic carbocycles. The summed E-state index contributed by atoms with van der Waals surface area (Å²) in [7, 11) is 0. The van der Waals surface area contributed by atoms with Crippen LogP contribution in [0.5, 0.6) is 0 Å². The number of aromatic nitrogens is 2. The third-order valence-electron chi connectivity index (χ3n) is 9.71. The number of rotatable bonds is 11. The van der Waals surface area contributed by atoms with Crippen molar-refractivity contribution in [1.82, 2.24) is 9.97 Å². The molecule has 0 fully saturated rings. The van der Waals surface area contributed by atoms with Gasteiger partial charge in [0, 0.05) is 23.5 Å². The van der Waals surface area contributed by atoms with Crippen LogP contribution in [-0.4, -0.2) is 9.97 Å². The minimum atomic E-state index is 0.949. The molecule has 2 heteroatoms. The van der Waals surface area contributed by atoms with Gasteiger partial charge in [0.2, 0.25) is 0 Å². The van der Waals surface area contributed by atoms with Gasteiger partial charge in [0.25, 0.3) is 0 Å². The van der Waals surface area contributed by atoms with Crippen LogP contribution in [0.2, 0.25) is 0 Å². The maximum absolute atomic E-state index is 4.67. The van der Waals surface area contributed by atoms with E-state index >= 15 is 0 Å². The van der Waals surface area contributed by atoms with Crippen LogP contribution in [0.4, 0.5) is 0 Å². The summed E-state index contributed by atoms with van der Waals surface area (Å²) in [6, 6.07) is 67.5. The van der Waals surface area contributed by atoms with Crippen LogP contribution in [0.3, 0.4) is 0 Å². The Labute approximate surface area is 329 Å². The minimum absolute atomic E-state index is 0.949. The number of hydrogen-bond donors (Lipinski definition) is 0. The van der Waals surface area contributed by atoms with Crippen molar-refractivity contribution in [2.45, 2.75) is 0 Å². The van der Waals surface area contributed by atoms with Gasteiger partial charge in [0.15, 0.2) is 0 Å². The van der Waals surface area contributed by atoms with Crippen LogP contribution in [-0.2, 0) is 0 Å². The fraction of sp³-hybridized carbons (Fsp3) is 0. The van der Waals surface area contributed by atoms with E-state index in [1.54, 1.807) is 0 Å². The van der Waals surface area contributed by atoms with Gasteiger partial charge in [-0.05, 0) is 92.1 Å². The van der Waals surface area contributed by atoms with E-state index in [0.717, 1.165) is 67.0 Å². The summed E-state index contributed by atoms with van der Waals surface area (Å²) < 4.78 is 0. The first-order valence-corrected chi connectivity index (χ1v) is 18.9. The van der Waals surface area contributed by atoms with Gasteiger partial charge >= 0.3 is 0 Å². The van der Waals surface area contributed by atoms with E-state index < -0.39 is 0 Å². The SMILES string of the molecule is C(=Cc1ccccc1C=C(c1ccccc1)c1ccccn1)c1ccc(-c2ccc(C=Cc3ccccc3C=C(c3ccccc3)c3ccccn3)cc2)cc1. The fourth-order valence-corrected chi connectivity index (χ4v) is 6.73. The molecular weight excluding hydrogens is 677 g/mol. The van der Waals surface area contributed by atoms with Crippen LogP contribution in [0, 0.1) is 0 Å². The Morgan fingerprint density at radius 3 is 1.04 bits per heavy atom. The topological polar surface area (TPSA) is 25.8 Å². The number of hydrogen-bond acceptors (Lipinski definition) is 2. The lowest BCUT2D eigenvalue weighted by molar-refractivity contribution is 1.27. The van der Waals surface area contributed by atoms with Crippen molar-refractivity contribution in [2.24, 2.45) is 0 Å². The van der Waals surface area contributed by atoms with Crippen LogP contribution in [0.15, 0.2) is 207 Å². The molecule has 0 saturated carbocycles. The lowest BCUT2D eigenvalue weighted by Crippen LogP contribution is -1.92. The second kappa shape index (κ2) is 17.6. The predicted octanol–water partition coefficient (Wildman–Crippen LogP) is 13.7. The van der Waals surface area contributed by atoms with Crippen LogP contribution < -0.4 is 0 Å². The average molecular weight is 717 g/mol. The van der Waals surface area contributed by atoms with Gasteiger partial charge in [0.05, 0.1) is 11.4 Å². The van der Waals surface area contributed by atoms with Crippen LogP contribution in [0.1, 0.15) is 55.9 Å². The van der Waals surface area contributed by atoms with Crippen molar-refractivity contribution in [3.8, 4) is 11.1 Å². The van der Waals surface area contributed by atoms with Crippen LogP contribution in [0.25, 0.3) is 58.7 Å². The molecule has 2 heterocycles. The molecule has 0 aliphatic heterocycles. The first-order valence-electron chi connectivity index (χ1n) is 18.9. The van der Waals surface area contributed by atoms with Gasteiger partial charge in [-0.3, -0.25) is 9.97 Å². The molecule has 0 aliphatic rings. The minimum Gasteiger partial charge on any atom is -0.256 e. The third kappa shape index (κ3) is 8.85. The summed E-state index contributed by atoms with van der Waals surface area (Å²) in [6.07, 6.45) is 16.9. The highest BCUT2D eigenvalue weighted by Gasteiger charge is 2.09. The zero-order chi connectivity index (χ0) is 37.8. The summed E-state index contributed by atoms with van der Waals surface area (Å²) in [6.45, 7) is 0. The predicted molar refractivity (Wildman–Crippen MR) is 238 cm³/mol. The lowest BCUT2D eigenvalue weighted by Gasteiger charge is -2.09. The van der Waals surface area contributed by atoms with E-state index in [-0.39, 0.29) is 0 Å². The largest absolute Gasteiger partial charge is 0.256 e. The number of pyridine rings is 2.